The van der Waals surface area contributed by atoms with Gasteiger partial charge in [-0.2, -0.15) is 13.2 Å². The fraction of sp³-hybridized carbons (Fsp3) is 0.417. The molecule has 0 aromatic heterocycles. The average molecular weight is 1730 g/mol. The van der Waals surface area contributed by atoms with Gasteiger partial charge in [0.25, 0.3) is 0 Å². The Labute approximate surface area is 735 Å². The number of anilines is 4. The monoisotopic (exact) mass is 1730 g/mol. The van der Waals surface area contributed by atoms with Crippen molar-refractivity contribution >= 4 is 70.5 Å². The molecule has 4 aliphatic heterocycles. The lowest BCUT2D eigenvalue weighted by Gasteiger charge is -2.38. The third-order valence-electron chi connectivity index (χ3n) is 22.1. The molecule has 0 spiro atoms. The zero-order valence-electron chi connectivity index (χ0n) is 70.7. The van der Waals surface area contributed by atoms with Crippen LogP contribution < -0.4 is 45.0 Å². The van der Waals surface area contributed by atoms with Crippen LogP contribution in [-0.4, -0.2) is 199 Å². The number of amides is 12. The van der Waals surface area contributed by atoms with Gasteiger partial charge < -0.3 is 84.2 Å². The van der Waals surface area contributed by atoms with Gasteiger partial charge in [0.15, 0.2) is 0 Å². The van der Waals surface area contributed by atoms with Crippen molar-refractivity contribution in [2.75, 3.05) is 109 Å². The number of carbonyl (C=O) groups is 8. The zero-order chi connectivity index (χ0) is 87.3. The van der Waals surface area contributed by atoms with Gasteiger partial charge in [-0.3, -0.25) is 19.2 Å². The SMILES string of the molecule is C.C.C.C.COc1ccc(CN(C(=O)Nc2cc(C)ccc2OC)C2CCN(C(C)=O)CC2)cc1.COc1ccc(CN(C(=O)Nc2ccccc2C(F)(F)F)C2CCN(C(C)=O)CC2)cc1.COc1ccc(CN(C(=O)Nc2ccccc2C)C2CCN(C(C)=O)CC2)cc1.COc1ccc(CN(C(=O)Nc2ccccc2F)C2CCN(C(C)=O)CC2)cc1. The van der Waals surface area contributed by atoms with Crippen LogP contribution in [0.4, 0.5) is 59.5 Å². The quantitative estimate of drug-likeness (QED) is 0.0489. The van der Waals surface area contributed by atoms with E-state index in [4.69, 9.17) is 23.7 Å². The number of nitrogens with zero attached hydrogens (tertiary/aromatic N) is 8. The summed E-state index contributed by atoms with van der Waals surface area (Å²) in [5.41, 5.74) is 6.31. The maximum atomic E-state index is 14.0. The number of nitrogens with one attached hydrogen (secondary N) is 4. The van der Waals surface area contributed by atoms with Crippen LogP contribution >= 0.6 is 0 Å². The lowest BCUT2D eigenvalue weighted by Crippen LogP contribution is -2.49. The first-order valence-corrected chi connectivity index (χ1v) is 40.5. The van der Waals surface area contributed by atoms with E-state index in [-0.39, 0.29) is 114 Å². The Hall–Kier alpha value is -12.6. The summed E-state index contributed by atoms with van der Waals surface area (Å²) in [6.45, 7) is 16.6. The van der Waals surface area contributed by atoms with Gasteiger partial charge in [-0.25, -0.2) is 23.6 Å². The molecule has 4 heterocycles. The number of urea groups is 4. The van der Waals surface area contributed by atoms with E-state index in [1.807, 2.05) is 161 Å². The molecule has 12 rings (SSSR count). The summed E-state index contributed by atoms with van der Waals surface area (Å²) in [6.07, 6.45) is 0.905. The average Bonchev–Trinajstić information content (AvgIpc) is 0.835. The molecule has 4 aliphatic rings. The van der Waals surface area contributed by atoms with Crippen molar-refractivity contribution < 1.29 is 79.6 Å². The highest BCUT2D eigenvalue weighted by Crippen LogP contribution is 2.36. The number of ether oxygens (including phenoxy) is 5. The second-order valence-electron chi connectivity index (χ2n) is 30.1. The van der Waals surface area contributed by atoms with Crippen LogP contribution in [0.2, 0.25) is 0 Å². The summed E-state index contributed by atoms with van der Waals surface area (Å²) < 4.78 is 80.4. The highest BCUT2D eigenvalue weighted by Gasteiger charge is 2.37. The number of para-hydroxylation sites is 3. The number of carbonyl (C=O) groups excluding carboxylic acids is 8. The number of alkyl halides is 3. The molecule has 12 amide bonds. The minimum absolute atomic E-state index is 0. The van der Waals surface area contributed by atoms with Gasteiger partial charge in [0.05, 0.1) is 58.2 Å². The summed E-state index contributed by atoms with van der Waals surface area (Å²) >= 11 is 0. The van der Waals surface area contributed by atoms with Crippen LogP contribution in [0.3, 0.4) is 0 Å². The number of halogens is 4. The molecule has 4 N–H and O–H groups in total. The van der Waals surface area contributed by atoms with E-state index in [1.165, 1.54) is 37.3 Å². The van der Waals surface area contributed by atoms with E-state index in [1.54, 1.807) is 100 Å². The molecule has 678 valence electrons. The second-order valence-corrected chi connectivity index (χ2v) is 30.1. The molecule has 0 saturated carbocycles. The predicted molar refractivity (Wildman–Crippen MR) is 485 cm³/mol. The summed E-state index contributed by atoms with van der Waals surface area (Å²) in [4.78, 5) is 114. The van der Waals surface area contributed by atoms with Crippen molar-refractivity contribution in [2.24, 2.45) is 0 Å². The Kier molecular flexibility index (Phi) is 41.4. The van der Waals surface area contributed by atoms with Crippen molar-refractivity contribution in [3.05, 3.63) is 233 Å². The van der Waals surface area contributed by atoms with Crippen molar-refractivity contribution in [1.29, 1.82) is 0 Å². The standard InChI is InChI=1S/C24H31N3O4.C23H26F3N3O3.C23H29N3O3.C22H26FN3O3.4CH4/c1-17-5-10-23(31-4)22(15-17)25-24(29)27(16-19-6-8-21(30-3)9-7-19)20-11-13-26(14-12-20)18(2)28;1-16(30)28-13-11-18(12-14-28)29(15-17-7-9-19(32-2)10-8-17)22(31)27-21-6-4-3-5-20(21)23(24,25)26;1-17-6-4-5-7-22(17)24-23(28)26(16-19-8-10-21(29-3)11-9-19)20-12-14-25(15-13-20)18(2)27;1-16(27)25-13-11-18(12-14-25)26(15-17-7-9-19(29-2)10-8-17)22(28)24-21-6-4-3-5-20(21)23;;;;/h5-10,15,20H,11-14,16H2,1-4H3,(H,25,29);3-10,18H,11-15H2,1-2H3,(H,27,31);4-11,20H,12-16H2,1-3H3,(H,24,28);3-10,18H,11-15H2,1-2H3,(H,24,28);4*1H4. The third kappa shape index (κ3) is 30.4. The number of hydrogen-bond donors (Lipinski definition) is 4. The van der Waals surface area contributed by atoms with E-state index >= 15 is 0 Å². The van der Waals surface area contributed by atoms with Crippen LogP contribution in [-0.2, 0) is 51.5 Å². The van der Waals surface area contributed by atoms with Crippen molar-refractivity contribution in [3.8, 4) is 28.7 Å². The summed E-state index contributed by atoms with van der Waals surface area (Å²) in [6, 6.07) is 53.3. The molecule has 0 bridgehead atoms. The van der Waals surface area contributed by atoms with Gasteiger partial charge in [-0.1, -0.05) is 127 Å². The number of aryl methyl sites for hydroxylation is 2. The molecule has 0 aliphatic carbocycles. The maximum Gasteiger partial charge on any atom is 0.418 e. The third-order valence-corrected chi connectivity index (χ3v) is 22.1. The summed E-state index contributed by atoms with van der Waals surface area (Å²) in [7, 11) is 8.01. The van der Waals surface area contributed by atoms with E-state index in [0.29, 0.717) is 115 Å². The number of hydrogen-bond acceptors (Lipinski definition) is 13. The van der Waals surface area contributed by atoms with Gasteiger partial charge >= 0.3 is 30.3 Å². The lowest BCUT2D eigenvalue weighted by atomic mass is 10.0. The summed E-state index contributed by atoms with van der Waals surface area (Å²) in [5.74, 6) is 3.30. The molecule has 29 heteroatoms. The molecule has 0 atom stereocenters. The number of rotatable bonds is 21. The topological polar surface area (TPSA) is 257 Å². The number of benzene rings is 8. The second kappa shape index (κ2) is 50.3. The van der Waals surface area contributed by atoms with Crippen molar-refractivity contribution in [2.45, 2.75) is 179 Å². The first kappa shape index (κ1) is 103. The highest BCUT2D eigenvalue weighted by molar-refractivity contribution is 5.93. The number of likely N-dealkylation sites (tertiary alicyclic amines) is 4. The van der Waals surface area contributed by atoms with Crippen LogP contribution in [0, 0.1) is 19.7 Å². The summed E-state index contributed by atoms with van der Waals surface area (Å²) in [5, 5.41) is 11.2. The minimum atomic E-state index is -4.59. The van der Waals surface area contributed by atoms with Crippen LogP contribution in [0.1, 0.15) is 148 Å². The Morgan fingerprint density at radius 2 is 0.608 bits per heavy atom. The molecule has 0 unspecified atom stereocenters. The van der Waals surface area contributed by atoms with Gasteiger partial charge in [0, 0.05) is 136 Å². The maximum absolute atomic E-state index is 14.0. The molecule has 0 radical (unpaired) electrons. The van der Waals surface area contributed by atoms with Crippen LogP contribution in [0.15, 0.2) is 188 Å². The fourth-order valence-electron chi connectivity index (χ4n) is 14.9. The Balaban J connectivity index is 0.000000293. The predicted octanol–water partition coefficient (Wildman–Crippen LogP) is 19.3. The van der Waals surface area contributed by atoms with E-state index in [9.17, 15) is 55.9 Å². The Morgan fingerprint density at radius 1 is 0.344 bits per heavy atom. The molecule has 8 aromatic carbocycles. The zero-order valence-corrected chi connectivity index (χ0v) is 70.7. The van der Waals surface area contributed by atoms with Gasteiger partial charge in [0.1, 0.15) is 34.6 Å². The van der Waals surface area contributed by atoms with Gasteiger partial charge in [-0.05, 0) is 190 Å². The molecule has 4 fully saturated rings. The van der Waals surface area contributed by atoms with Crippen molar-refractivity contribution in [3.63, 3.8) is 0 Å². The molecule has 25 nitrogen and oxygen atoms in total. The normalized spacial score (nSPS) is 13.9. The molecule has 8 aromatic rings. The smallest absolute Gasteiger partial charge is 0.418 e. The molecule has 125 heavy (non-hydrogen) atoms. The largest absolute Gasteiger partial charge is 0.497 e. The lowest BCUT2D eigenvalue weighted by molar-refractivity contribution is -0.137. The number of piperidine rings is 4. The minimum Gasteiger partial charge on any atom is -0.497 e. The molecule has 4 saturated heterocycles. The number of methoxy groups -OCH3 is 5. The van der Waals surface area contributed by atoms with E-state index in [0.717, 1.165) is 88.1 Å². The molecular weight excluding hydrogens is 1610 g/mol. The van der Waals surface area contributed by atoms with Gasteiger partial charge in [-0.15, -0.1) is 0 Å². The van der Waals surface area contributed by atoms with Crippen LogP contribution in [0.5, 0.6) is 28.7 Å². The molecular formula is C96H128F4N12O13. The first-order chi connectivity index (χ1) is 58.0. The fourth-order valence-corrected chi connectivity index (χ4v) is 14.9. The van der Waals surface area contributed by atoms with Crippen molar-refractivity contribution in [1.82, 2.24) is 39.2 Å². The highest BCUT2D eigenvalue weighted by atomic mass is 19.4. The first-order valence-electron chi connectivity index (χ1n) is 40.5. The van der Waals surface area contributed by atoms with Gasteiger partial charge in [0.2, 0.25) is 23.6 Å². The Bertz CT molecular complexity index is 4580. The Morgan fingerprint density at radius 3 is 0.888 bits per heavy atom. The van der Waals surface area contributed by atoms with E-state index < -0.39 is 23.6 Å². The van der Waals surface area contributed by atoms with E-state index in [2.05, 4.69) is 21.3 Å². The van der Waals surface area contributed by atoms with Crippen LogP contribution in [0.25, 0.3) is 0 Å².